The first-order chi connectivity index (χ1) is 14.6. The Bertz CT molecular complexity index is 931. The van der Waals surface area contributed by atoms with Crippen molar-refractivity contribution in [2.24, 2.45) is 0 Å². The van der Waals surface area contributed by atoms with Crippen molar-refractivity contribution < 1.29 is 4.42 Å². The average Bonchev–Trinajstić information content (AvgIpc) is 3.47. The Balaban J connectivity index is 1.47. The van der Waals surface area contributed by atoms with Gasteiger partial charge in [0.05, 0.1) is 18.5 Å². The molecule has 3 aromatic rings. The zero-order valence-corrected chi connectivity index (χ0v) is 18.8. The van der Waals surface area contributed by atoms with E-state index < -0.39 is 0 Å². The smallest absolute Gasteiger partial charge is 0.135 e. The molecule has 0 spiro atoms. The highest BCUT2D eigenvalue weighted by atomic mass is 16.3. The van der Waals surface area contributed by atoms with Crippen LogP contribution in [0.15, 0.2) is 41.1 Å². The average molecular weight is 410 g/mol. The van der Waals surface area contributed by atoms with Crippen LogP contribution in [-0.2, 0) is 6.54 Å². The summed E-state index contributed by atoms with van der Waals surface area (Å²) >= 11 is 0. The SMILES string of the molecule is Cc1cc(CNC[C@@H](c2ccco2)N2CCCCC2)c(C)n1-c1ccnn1C(C)C. The second-order valence-corrected chi connectivity index (χ2v) is 8.72. The van der Waals surface area contributed by atoms with E-state index in [4.69, 9.17) is 4.42 Å². The number of nitrogens with zero attached hydrogens (tertiary/aromatic N) is 4. The van der Waals surface area contributed by atoms with Gasteiger partial charge < -0.3 is 14.3 Å². The maximum absolute atomic E-state index is 5.79. The van der Waals surface area contributed by atoms with E-state index in [1.807, 2.05) is 12.3 Å². The van der Waals surface area contributed by atoms with Gasteiger partial charge in [-0.2, -0.15) is 5.10 Å². The van der Waals surface area contributed by atoms with E-state index in [2.05, 4.69) is 70.5 Å². The zero-order valence-electron chi connectivity index (χ0n) is 18.8. The van der Waals surface area contributed by atoms with Crippen molar-refractivity contribution >= 4 is 0 Å². The lowest BCUT2D eigenvalue weighted by molar-refractivity contribution is 0.142. The molecule has 0 radical (unpaired) electrons. The topological polar surface area (TPSA) is 51.2 Å². The summed E-state index contributed by atoms with van der Waals surface area (Å²) in [4.78, 5) is 2.57. The Morgan fingerprint density at radius 3 is 2.63 bits per heavy atom. The number of aryl methyl sites for hydroxylation is 1. The van der Waals surface area contributed by atoms with Gasteiger partial charge in [-0.05, 0) is 77.4 Å². The summed E-state index contributed by atoms with van der Waals surface area (Å²) in [5.74, 6) is 2.20. The summed E-state index contributed by atoms with van der Waals surface area (Å²) in [6.45, 7) is 12.8. The fourth-order valence-electron chi connectivity index (χ4n) is 4.71. The van der Waals surface area contributed by atoms with Crippen molar-refractivity contribution in [2.75, 3.05) is 19.6 Å². The molecule has 1 saturated heterocycles. The second kappa shape index (κ2) is 9.23. The largest absolute Gasteiger partial charge is 0.468 e. The van der Waals surface area contributed by atoms with Gasteiger partial charge >= 0.3 is 0 Å². The van der Waals surface area contributed by atoms with Crippen LogP contribution in [0.5, 0.6) is 0 Å². The van der Waals surface area contributed by atoms with Crippen molar-refractivity contribution in [1.29, 1.82) is 0 Å². The lowest BCUT2D eigenvalue weighted by Gasteiger charge is -2.33. The quantitative estimate of drug-likeness (QED) is 0.582. The molecule has 1 fully saturated rings. The second-order valence-electron chi connectivity index (χ2n) is 8.72. The molecule has 6 heteroatoms. The van der Waals surface area contributed by atoms with Crippen LogP contribution in [0.2, 0.25) is 0 Å². The molecule has 0 unspecified atom stereocenters. The first-order valence-electron chi connectivity index (χ1n) is 11.3. The monoisotopic (exact) mass is 409 g/mol. The van der Waals surface area contributed by atoms with E-state index in [0.29, 0.717) is 12.1 Å². The molecule has 1 aliphatic heterocycles. The summed E-state index contributed by atoms with van der Waals surface area (Å²) in [5.41, 5.74) is 3.85. The third-order valence-corrected chi connectivity index (χ3v) is 6.26. The highest BCUT2D eigenvalue weighted by molar-refractivity contribution is 5.37. The predicted octanol–water partition coefficient (Wildman–Crippen LogP) is 4.78. The molecule has 6 nitrogen and oxygen atoms in total. The van der Waals surface area contributed by atoms with Gasteiger partial charge in [0.15, 0.2) is 0 Å². The third-order valence-electron chi connectivity index (χ3n) is 6.26. The van der Waals surface area contributed by atoms with Crippen LogP contribution in [0.3, 0.4) is 0 Å². The maximum Gasteiger partial charge on any atom is 0.135 e. The minimum absolute atomic E-state index is 0.297. The Morgan fingerprint density at radius 1 is 1.13 bits per heavy atom. The highest BCUT2D eigenvalue weighted by Crippen LogP contribution is 2.26. The maximum atomic E-state index is 5.79. The van der Waals surface area contributed by atoms with E-state index in [1.54, 1.807) is 6.26 Å². The van der Waals surface area contributed by atoms with Gasteiger partial charge in [-0.3, -0.25) is 4.90 Å². The van der Waals surface area contributed by atoms with Gasteiger partial charge in [0.25, 0.3) is 0 Å². The lowest BCUT2D eigenvalue weighted by Crippen LogP contribution is -2.38. The number of hydrogen-bond donors (Lipinski definition) is 1. The molecule has 4 rings (SSSR count). The van der Waals surface area contributed by atoms with Gasteiger partial charge in [0, 0.05) is 36.6 Å². The third kappa shape index (κ3) is 4.25. The van der Waals surface area contributed by atoms with E-state index in [-0.39, 0.29) is 0 Å². The van der Waals surface area contributed by atoms with E-state index in [1.165, 1.54) is 36.2 Å². The van der Waals surface area contributed by atoms with E-state index in [0.717, 1.165) is 37.8 Å². The molecular weight excluding hydrogens is 374 g/mol. The summed E-state index contributed by atoms with van der Waals surface area (Å²) in [5, 5.41) is 8.23. The molecule has 0 aliphatic carbocycles. The van der Waals surface area contributed by atoms with Crippen LogP contribution < -0.4 is 5.32 Å². The van der Waals surface area contributed by atoms with Crippen LogP contribution in [0.4, 0.5) is 0 Å². The molecule has 162 valence electrons. The van der Waals surface area contributed by atoms with E-state index >= 15 is 0 Å². The van der Waals surface area contributed by atoms with E-state index in [9.17, 15) is 0 Å². The van der Waals surface area contributed by atoms with Crippen molar-refractivity contribution in [1.82, 2.24) is 24.6 Å². The Morgan fingerprint density at radius 2 is 1.93 bits per heavy atom. The first-order valence-corrected chi connectivity index (χ1v) is 11.3. The summed E-state index contributed by atoms with van der Waals surface area (Å²) in [6, 6.07) is 9.13. The molecule has 0 saturated carbocycles. The van der Waals surface area contributed by atoms with Crippen LogP contribution in [0.25, 0.3) is 5.82 Å². The van der Waals surface area contributed by atoms with Crippen LogP contribution >= 0.6 is 0 Å². The lowest BCUT2D eigenvalue weighted by atomic mass is 10.1. The van der Waals surface area contributed by atoms with Crippen LogP contribution in [-0.4, -0.2) is 38.9 Å². The number of rotatable bonds is 8. The van der Waals surface area contributed by atoms with Crippen molar-refractivity contribution in [2.45, 2.75) is 65.6 Å². The molecule has 30 heavy (non-hydrogen) atoms. The molecule has 1 N–H and O–H groups in total. The molecule has 1 aliphatic rings. The summed E-state index contributed by atoms with van der Waals surface area (Å²) in [7, 11) is 0. The Labute approximate surface area is 179 Å². The molecule has 0 amide bonds. The van der Waals surface area contributed by atoms with Gasteiger partial charge in [0.2, 0.25) is 0 Å². The number of likely N-dealkylation sites (tertiary alicyclic amines) is 1. The van der Waals surface area contributed by atoms with Gasteiger partial charge in [-0.15, -0.1) is 0 Å². The minimum Gasteiger partial charge on any atom is -0.468 e. The van der Waals surface area contributed by atoms with Crippen molar-refractivity contribution in [3.05, 3.63) is 59.4 Å². The fraction of sp³-hybridized carbons (Fsp3) is 0.542. The molecule has 1 atom stereocenters. The fourth-order valence-corrected chi connectivity index (χ4v) is 4.71. The molecule has 3 aromatic heterocycles. The zero-order chi connectivity index (χ0) is 21.1. The van der Waals surface area contributed by atoms with Crippen LogP contribution in [0.1, 0.15) is 67.9 Å². The number of hydrogen-bond acceptors (Lipinski definition) is 4. The number of furan rings is 1. The molecule has 0 bridgehead atoms. The normalized spacial score (nSPS) is 16.4. The molecule has 0 aromatic carbocycles. The van der Waals surface area contributed by atoms with Crippen molar-refractivity contribution in [3.8, 4) is 5.82 Å². The molecular formula is C24H35N5O. The minimum atomic E-state index is 0.297. The van der Waals surface area contributed by atoms with Gasteiger partial charge in [0.1, 0.15) is 11.6 Å². The Hall–Kier alpha value is -2.31. The number of nitrogens with one attached hydrogen (secondary N) is 1. The van der Waals surface area contributed by atoms with Gasteiger partial charge in [-0.1, -0.05) is 6.42 Å². The summed E-state index contributed by atoms with van der Waals surface area (Å²) < 4.78 is 10.2. The Kier molecular flexibility index (Phi) is 6.44. The predicted molar refractivity (Wildman–Crippen MR) is 120 cm³/mol. The standard InChI is InChI=1S/C24H35N5O/c1-18(2)29-24(10-11-26-29)28-19(3)15-21(20(28)4)16-25-17-22(23-9-8-14-30-23)27-12-6-5-7-13-27/h8-11,14-15,18,22,25H,5-7,12-13,16-17H2,1-4H3/t22-/m0/s1. The first kappa shape index (κ1) is 20.9. The number of aromatic nitrogens is 3. The summed E-state index contributed by atoms with van der Waals surface area (Å²) in [6.07, 6.45) is 7.58. The van der Waals surface area contributed by atoms with Gasteiger partial charge in [-0.25, -0.2) is 4.68 Å². The molecule has 4 heterocycles. The van der Waals surface area contributed by atoms with Crippen LogP contribution in [0, 0.1) is 13.8 Å². The van der Waals surface area contributed by atoms with Crippen molar-refractivity contribution in [3.63, 3.8) is 0 Å². The highest BCUT2D eigenvalue weighted by Gasteiger charge is 2.24. The number of piperidine rings is 1.